The van der Waals surface area contributed by atoms with Crippen LogP contribution in [0.2, 0.25) is 0 Å². The Balaban J connectivity index is 1.80. The standard InChI is InChI=1S/C24H26N4O5S/c1-6-32-18-9-7-17(8-10-18)28-23(16-12-20(29-3)22(31-5)21(13-16)30-4)25-26-24(28)34-14-19-11-15(2)27-33-19/h7-13H,6,14H2,1-5H3. The normalized spacial score (nSPS) is 10.9. The van der Waals surface area contributed by atoms with Gasteiger partial charge in [0.1, 0.15) is 11.5 Å². The minimum atomic E-state index is 0.510. The Bertz CT molecular complexity index is 1230. The number of hydrogen-bond acceptors (Lipinski definition) is 9. The molecule has 0 radical (unpaired) electrons. The molecule has 0 atom stereocenters. The maximum atomic E-state index is 5.61. The zero-order chi connectivity index (χ0) is 24.1. The van der Waals surface area contributed by atoms with Gasteiger partial charge in [-0.25, -0.2) is 0 Å². The highest BCUT2D eigenvalue weighted by molar-refractivity contribution is 7.98. The molecular weight excluding hydrogens is 456 g/mol. The molecule has 0 spiro atoms. The fourth-order valence-electron chi connectivity index (χ4n) is 3.47. The minimum absolute atomic E-state index is 0.510. The van der Waals surface area contributed by atoms with E-state index in [1.165, 1.54) is 11.8 Å². The first-order chi connectivity index (χ1) is 16.6. The van der Waals surface area contributed by atoms with Crippen molar-refractivity contribution in [1.29, 1.82) is 0 Å². The molecule has 0 bridgehead atoms. The summed E-state index contributed by atoms with van der Waals surface area (Å²) in [6.45, 7) is 4.44. The van der Waals surface area contributed by atoms with Crippen LogP contribution in [-0.2, 0) is 5.75 Å². The van der Waals surface area contributed by atoms with Crippen LogP contribution in [0.25, 0.3) is 17.1 Å². The van der Waals surface area contributed by atoms with Crippen LogP contribution in [0, 0.1) is 6.92 Å². The molecule has 0 N–H and O–H groups in total. The van der Waals surface area contributed by atoms with Crippen LogP contribution in [0.5, 0.6) is 23.0 Å². The van der Waals surface area contributed by atoms with Crippen LogP contribution in [-0.4, -0.2) is 47.9 Å². The van der Waals surface area contributed by atoms with Gasteiger partial charge in [-0.1, -0.05) is 16.9 Å². The molecule has 2 aromatic heterocycles. The number of ether oxygens (including phenoxy) is 4. The average molecular weight is 483 g/mol. The van der Waals surface area contributed by atoms with Crippen molar-refractivity contribution in [1.82, 2.24) is 19.9 Å². The van der Waals surface area contributed by atoms with Crippen molar-refractivity contribution in [3.8, 4) is 40.1 Å². The molecule has 0 aliphatic carbocycles. The van der Waals surface area contributed by atoms with Crippen LogP contribution in [0.1, 0.15) is 18.4 Å². The van der Waals surface area contributed by atoms with Gasteiger partial charge in [0.2, 0.25) is 5.75 Å². The van der Waals surface area contributed by atoms with Crippen LogP contribution >= 0.6 is 11.8 Å². The van der Waals surface area contributed by atoms with E-state index in [2.05, 4.69) is 15.4 Å². The maximum absolute atomic E-state index is 5.61. The molecule has 34 heavy (non-hydrogen) atoms. The maximum Gasteiger partial charge on any atom is 0.203 e. The van der Waals surface area contributed by atoms with Crippen molar-refractivity contribution in [2.75, 3.05) is 27.9 Å². The first kappa shape index (κ1) is 23.5. The quantitative estimate of drug-likeness (QED) is 0.291. The molecule has 4 aromatic rings. The molecule has 0 unspecified atom stereocenters. The summed E-state index contributed by atoms with van der Waals surface area (Å²) < 4.78 is 29.5. The third-order valence-electron chi connectivity index (χ3n) is 4.98. The number of benzene rings is 2. The summed E-state index contributed by atoms with van der Waals surface area (Å²) >= 11 is 1.50. The second kappa shape index (κ2) is 10.5. The van der Waals surface area contributed by atoms with E-state index >= 15 is 0 Å². The summed E-state index contributed by atoms with van der Waals surface area (Å²) in [5.74, 6) is 4.31. The predicted octanol–water partition coefficient (Wildman–Crippen LogP) is 4.95. The summed E-state index contributed by atoms with van der Waals surface area (Å²) in [5.41, 5.74) is 2.48. The Kier molecular flexibility index (Phi) is 7.27. The summed E-state index contributed by atoms with van der Waals surface area (Å²) in [6, 6.07) is 13.4. The Labute approximate surface area is 202 Å². The van der Waals surface area contributed by atoms with Crippen molar-refractivity contribution in [3.05, 3.63) is 53.9 Å². The fourth-order valence-corrected chi connectivity index (χ4v) is 4.30. The van der Waals surface area contributed by atoms with E-state index < -0.39 is 0 Å². The number of aryl methyl sites for hydroxylation is 1. The lowest BCUT2D eigenvalue weighted by Gasteiger charge is -2.15. The summed E-state index contributed by atoms with van der Waals surface area (Å²) in [5, 5.41) is 13.6. The molecule has 0 amide bonds. The number of hydrogen-bond donors (Lipinski definition) is 0. The van der Waals surface area contributed by atoms with Gasteiger partial charge in [-0.2, -0.15) is 0 Å². The third-order valence-corrected chi connectivity index (χ3v) is 5.93. The van der Waals surface area contributed by atoms with Crippen molar-refractivity contribution < 1.29 is 23.5 Å². The highest BCUT2D eigenvalue weighted by Crippen LogP contribution is 2.42. The first-order valence-electron chi connectivity index (χ1n) is 10.6. The number of aromatic nitrogens is 4. The van der Waals surface area contributed by atoms with Crippen molar-refractivity contribution in [2.45, 2.75) is 24.8 Å². The number of thioether (sulfide) groups is 1. The first-order valence-corrected chi connectivity index (χ1v) is 11.6. The van der Waals surface area contributed by atoms with Crippen LogP contribution < -0.4 is 18.9 Å². The van der Waals surface area contributed by atoms with E-state index in [1.54, 1.807) is 21.3 Å². The van der Waals surface area contributed by atoms with Gasteiger partial charge in [-0.15, -0.1) is 10.2 Å². The van der Waals surface area contributed by atoms with Gasteiger partial charge < -0.3 is 23.5 Å². The number of nitrogens with zero attached hydrogens (tertiary/aromatic N) is 4. The van der Waals surface area contributed by atoms with Gasteiger partial charge in [-0.3, -0.25) is 4.57 Å². The van der Waals surface area contributed by atoms with E-state index in [0.29, 0.717) is 40.6 Å². The average Bonchev–Trinajstić information content (AvgIpc) is 3.48. The smallest absolute Gasteiger partial charge is 0.203 e. The van der Waals surface area contributed by atoms with E-state index in [-0.39, 0.29) is 0 Å². The predicted molar refractivity (Wildman–Crippen MR) is 128 cm³/mol. The minimum Gasteiger partial charge on any atom is -0.494 e. The zero-order valence-electron chi connectivity index (χ0n) is 19.7. The van der Waals surface area contributed by atoms with Crippen molar-refractivity contribution in [2.24, 2.45) is 0 Å². The molecule has 0 saturated carbocycles. The second-order valence-electron chi connectivity index (χ2n) is 7.21. The van der Waals surface area contributed by atoms with E-state index in [1.807, 2.05) is 60.9 Å². The van der Waals surface area contributed by atoms with Crippen molar-refractivity contribution >= 4 is 11.8 Å². The van der Waals surface area contributed by atoms with E-state index in [0.717, 1.165) is 28.5 Å². The highest BCUT2D eigenvalue weighted by atomic mass is 32.2. The van der Waals surface area contributed by atoms with Gasteiger partial charge in [0.05, 0.1) is 39.4 Å². The summed E-state index contributed by atoms with van der Waals surface area (Å²) in [7, 11) is 4.74. The molecule has 178 valence electrons. The fraction of sp³-hybridized carbons (Fsp3) is 0.292. The Morgan fingerprint density at radius 2 is 1.65 bits per heavy atom. The van der Waals surface area contributed by atoms with Gasteiger partial charge >= 0.3 is 0 Å². The molecule has 2 heterocycles. The third kappa shape index (κ3) is 4.81. The molecule has 9 nitrogen and oxygen atoms in total. The number of rotatable bonds is 10. The lowest BCUT2D eigenvalue weighted by molar-refractivity contribution is 0.324. The molecular formula is C24H26N4O5S. The van der Waals surface area contributed by atoms with Gasteiger partial charge in [0.25, 0.3) is 0 Å². The zero-order valence-corrected chi connectivity index (χ0v) is 20.5. The van der Waals surface area contributed by atoms with Gasteiger partial charge in [-0.05, 0) is 50.2 Å². The van der Waals surface area contributed by atoms with Gasteiger partial charge in [0.15, 0.2) is 22.5 Å². The van der Waals surface area contributed by atoms with Crippen LogP contribution in [0.3, 0.4) is 0 Å². The molecule has 4 rings (SSSR count). The largest absolute Gasteiger partial charge is 0.494 e. The Hall–Kier alpha value is -3.66. The monoisotopic (exact) mass is 482 g/mol. The van der Waals surface area contributed by atoms with E-state index in [9.17, 15) is 0 Å². The number of methoxy groups -OCH3 is 3. The summed E-state index contributed by atoms with van der Waals surface area (Å²) in [6.07, 6.45) is 0. The lowest BCUT2D eigenvalue weighted by atomic mass is 10.1. The molecule has 0 fully saturated rings. The summed E-state index contributed by atoms with van der Waals surface area (Å²) in [4.78, 5) is 0. The second-order valence-corrected chi connectivity index (χ2v) is 8.15. The molecule has 0 aliphatic rings. The Morgan fingerprint density at radius 3 is 2.21 bits per heavy atom. The van der Waals surface area contributed by atoms with Crippen LogP contribution in [0.4, 0.5) is 0 Å². The van der Waals surface area contributed by atoms with E-state index in [4.69, 9.17) is 23.5 Å². The molecule has 10 heteroatoms. The van der Waals surface area contributed by atoms with Crippen LogP contribution in [0.15, 0.2) is 52.1 Å². The van der Waals surface area contributed by atoms with Gasteiger partial charge in [0, 0.05) is 17.3 Å². The Morgan fingerprint density at radius 1 is 0.941 bits per heavy atom. The highest BCUT2D eigenvalue weighted by Gasteiger charge is 2.21. The molecule has 2 aromatic carbocycles. The molecule has 0 aliphatic heterocycles. The lowest BCUT2D eigenvalue weighted by Crippen LogP contribution is -2.02. The molecule has 0 saturated heterocycles. The SMILES string of the molecule is CCOc1ccc(-n2c(SCc3cc(C)no3)nnc2-c2cc(OC)c(OC)c(OC)c2)cc1. The topological polar surface area (TPSA) is 93.7 Å². The van der Waals surface area contributed by atoms with Crippen molar-refractivity contribution in [3.63, 3.8) is 0 Å².